The smallest absolute Gasteiger partial charge is 0.227 e. The van der Waals surface area contributed by atoms with Crippen molar-refractivity contribution in [2.45, 2.75) is 18.9 Å². The van der Waals surface area contributed by atoms with Gasteiger partial charge in [-0.05, 0) is 17.7 Å². The predicted molar refractivity (Wildman–Crippen MR) is 105 cm³/mol. The fourth-order valence-electron chi connectivity index (χ4n) is 4.47. The summed E-state index contributed by atoms with van der Waals surface area (Å²) in [4.78, 5) is 15.3. The van der Waals surface area contributed by atoms with Crippen molar-refractivity contribution < 1.29 is 4.79 Å². The minimum atomic E-state index is -0.0325. The highest BCUT2D eigenvalue weighted by Crippen LogP contribution is 2.31. The molecule has 1 aromatic carbocycles. The molecule has 7 heteroatoms. The Kier molecular flexibility index (Phi) is 4.24. The predicted octanol–water partition coefficient (Wildman–Crippen LogP) is 1.49. The van der Waals surface area contributed by atoms with Crippen molar-refractivity contribution in [3.8, 4) is 5.69 Å². The molecule has 1 saturated heterocycles. The highest BCUT2D eigenvalue weighted by atomic mass is 16.2. The Morgan fingerprint density at radius 2 is 2.00 bits per heavy atom. The first-order chi connectivity index (χ1) is 13.7. The molecular formula is C21H24N6O. The maximum atomic E-state index is 13.3. The van der Waals surface area contributed by atoms with Gasteiger partial charge >= 0.3 is 0 Å². The van der Waals surface area contributed by atoms with Gasteiger partial charge in [-0.25, -0.2) is 4.68 Å². The molecule has 1 N–H and O–H groups in total. The summed E-state index contributed by atoms with van der Waals surface area (Å²) in [5, 5.41) is 12.3. The topological polar surface area (TPSA) is 68.0 Å². The highest BCUT2D eigenvalue weighted by molar-refractivity contribution is 5.81. The van der Waals surface area contributed by atoms with Crippen LogP contribution in [0.5, 0.6) is 0 Å². The summed E-state index contributed by atoms with van der Waals surface area (Å²) in [6.07, 6.45) is 6.65. The Morgan fingerprint density at radius 1 is 1.14 bits per heavy atom. The number of amides is 1. The van der Waals surface area contributed by atoms with E-state index in [4.69, 9.17) is 0 Å². The molecule has 4 heterocycles. The van der Waals surface area contributed by atoms with E-state index in [0.717, 1.165) is 42.9 Å². The van der Waals surface area contributed by atoms with Crippen LogP contribution in [-0.4, -0.2) is 50.0 Å². The second-order valence-electron chi connectivity index (χ2n) is 7.69. The van der Waals surface area contributed by atoms with E-state index in [1.807, 2.05) is 53.4 Å². The molecule has 0 saturated carbocycles. The average molecular weight is 376 g/mol. The molecule has 7 nitrogen and oxygen atoms in total. The van der Waals surface area contributed by atoms with Gasteiger partial charge in [0.2, 0.25) is 5.91 Å². The third-order valence-electron chi connectivity index (χ3n) is 5.93. The van der Waals surface area contributed by atoms with Gasteiger partial charge in [0.05, 0.1) is 29.7 Å². The molecule has 0 aliphatic carbocycles. The van der Waals surface area contributed by atoms with Crippen LogP contribution in [-0.2, 0) is 24.8 Å². The highest BCUT2D eigenvalue weighted by Gasteiger charge is 2.38. The Labute approximate surface area is 164 Å². The van der Waals surface area contributed by atoms with Crippen LogP contribution < -0.4 is 5.32 Å². The molecule has 5 rings (SSSR count). The van der Waals surface area contributed by atoms with E-state index in [1.165, 1.54) is 5.69 Å². The van der Waals surface area contributed by atoms with Crippen LogP contribution in [0.25, 0.3) is 5.69 Å². The van der Waals surface area contributed by atoms with Crippen molar-refractivity contribution >= 4 is 5.91 Å². The largest absolute Gasteiger partial charge is 0.338 e. The van der Waals surface area contributed by atoms with Crippen LogP contribution in [0.1, 0.15) is 22.7 Å². The maximum Gasteiger partial charge on any atom is 0.227 e. The number of nitrogens with zero attached hydrogens (tertiary/aromatic N) is 5. The molecule has 28 heavy (non-hydrogen) atoms. The van der Waals surface area contributed by atoms with E-state index >= 15 is 0 Å². The summed E-state index contributed by atoms with van der Waals surface area (Å²) < 4.78 is 3.81. The summed E-state index contributed by atoms with van der Waals surface area (Å²) in [7, 11) is 1.92. The first-order valence-electron chi connectivity index (χ1n) is 9.80. The third-order valence-corrected chi connectivity index (χ3v) is 5.93. The van der Waals surface area contributed by atoms with Gasteiger partial charge in [0.25, 0.3) is 0 Å². The molecule has 0 spiro atoms. The first-order valence-corrected chi connectivity index (χ1v) is 9.80. The lowest BCUT2D eigenvalue weighted by Gasteiger charge is -2.31. The van der Waals surface area contributed by atoms with Crippen LogP contribution in [0.3, 0.4) is 0 Å². The first kappa shape index (κ1) is 17.2. The second kappa shape index (κ2) is 6.91. The van der Waals surface area contributed by atoms with E-state index in [2.05, 4.69) is 27.6 Å². The van der Waals surface area contributed by atoms with Gasteiger partial charge in [0.15, 0.2) is 0 Å². The second-order valence-corrected chi connectivity index (χ2v) is 7.69. The quantitative estimate of drug-likeness (QED) is 0.752. The van der Waals surface area contributed by atoms with Gasteiger partial charge in [-0.2, -0.15) is 10.2 Å². The molecular weight excluding hydrogens is 352 g/mol. The number of hydrogen-bond donors (Lipinski definition) is 1. The summed E-state index contributed by atoms with van der Waals surface area (Å²) >= 11 is 0. The number of fused-ring (bicyclic) bond motifs is 1. The lowest BCUT2D eigenvalue weighted by Crippen LogP contribution is -2.41. The van der Waals surface area contributed by atoms with Crippen LogP contribution in [0, 0.1) is 5.92 Å². The van der Waals surface area contributed by atoms with E-state index in [9.17, 15) is 4.79 Å². The molecule has 0 unspecified atom stereocenters. The van der Waals surface area contributed by atoms with Crippen LogP contribution >= 0.6 is 0 Å². The van der Waals surface area contributed by atoms with E-state index in [0.29, 0.717) is 6.54 Å². The van der Waals surface area contributed by atoms with Gasteiger partial charge < -0.3 is 10.2 Å². The number of benzene rings is 1. The van der Waals surface area contributed by atoms with Gasteiger partial charge in [-0.3, -0.25) is 9.48 Å². The molecule has 1 amide bonds. The van der Waals surface area contributed by atoms with E-state index in [-0.39, 0.29) is 17.7 Å². The van der Waals surface area contributed by atoms with Crippen molar-refractivity contribution in [2.24, 2.45) is 13.0 Å². The number of nitrogens with one attached hydrogen (secondary N) is 1. The van der Waals surface area contributed by atoms with Crippen molar-refractivity contribution in [1.29, 1.82) is 0 Å². The van der Waals surface area contributed by atoms with Gasteiger partial charge in [-0.15, -0.1) is 0 Å². The summed E-state index contributed by atoms with van der Waals surface area (Å²) in [5.41, 5.74) is 4.57. The zero-order valence-electron chi connectivity index (χ0n) is 16.0. The normalized spacial score (nSPS) is 21.7. The van der Waals surface area contributed by atoms with Gasteiger partial charge in [-0.1, -0.05) is 18.2 Å². The minimum absolute atomic E-state index is 0.0325. The SMILES string of the molecule is Cn1cc([C@H]2CNC[C@@H]2C(=O)N2CCc3c(cnn3-c3ccccc3)C2)cn1. The van der Waals surface area contributed by atoms with Crippen molar-refractivity contribution in [3.05, 3.63) is 65.7 Å². The molecule has 1 fully saturated rings. The number of carbonyl (C=O) groups excluding carboxylic acids is 1. The molecule has 3 aromatic rings. The number of aromatic nitrogens is 4. The van der Waals surface area contributed by atoms with Crippen LogP contribution in [0.15, 0.2) is 48.9 Å². The maximum absolute atomic E-state index is 13.3. The number of carbonyl (C=O) groups is 1. The average Bonchev–Trinajstić information content (AvgIpc) is 3.46. The molecule has 0 radical (unpaired) electrons. The Morgan fingerprint density at radius 3 is 2.79 bits per heavy atom. The lowest BCUT2D eigenvalue weighted by molar-refractivity contribution is -0.136. The molecule has 144 valence electrons. The van der Waals surface area contributed by atoms with Gasteiger partial charge in [0, 0.05) is 57.3 Å². The fourth-order valence-corrected chi connectivity index (χ4v) is 4.47. The Hall–Kier alpha value is -2.93. The minimum Gasteiger partial charge on any atom is -0.338 e. The number of aryl methyl sites for hydroxylation is 1. The van der Waals surface area contributed by atoms with Crippen molar-refractivity contribution in [1.82, 2.24) is 29.8 Å². The van der Waals surface area contributed by atoms with E-state index < -0.39 is 0 Å². The Balaban J connectivity index is 1.35. The third kappa shape index (κ3) is 2.92. The fraction of sp³-hybridized carbons (Fsp3) is 0.381. The molecule has 2 atom stereocenters. The van der Waals surface area contributed by atoms with E-state index in [1.54, 1.807) is 4.68 Å². The molecule has 2 aliphatic heterocycles. The summed E-state index contributed by atoms with van der Waals surface area (Å²) in [5.74, 6) is 0.390. The lowest BCUT2D eigenvalue weighted by atomic mass is 9.89. The molecule has 0 bridgehead atoms. The zero-order valence-corrected chi connectivity index (χ0v) is 16.0. The zero-order chi connectivity index (χ0) is 19.1. The number of hydrogen-bond acceptors (Lipinski definition) is 4. The van der Waals surface area contributed by atoms with Gasteiger partial charge in [0.1, 0.15) is 0 Å². The van der Waals surface area contributed by atoms with Crippen molar-refractivity contribution in [3.63, 3.8) is 0 Å². The standard InChI is InChI=1S/C21H24N6O/c1-25-13-15(9-23-25)18-11-22-12-19(18)21(28)26-8-7-20-16(14-26)10-24-27(20)17-5-3-2-4-6-17/h2-6,9-10,13,18-19,22H,7-8,11-12,14H2,1H3/t18-,19+/m1/s1. The summed E-state index contributed by atoms with van der Waals surface area (Å²) in [6, 6.07) is 10.2. The summed E-state index contributed by atoms with van der Waals surface area (Å²) in [6.45, 7) is 2.93. The monoisotopic (exact) mass is 376 g/mol. The van der Waals surface area contributed by atoms with Crippen LogP contribution in [0.2, 0.25) is 0 Å². The molecule has 2 aromatic heterocycles. The van der Waals surface area contributed by atoms with Crippen LogP contribution in [0.4, 0.5) is 0 Å². The number of para-hydroxylation sites is 1. The Bertz CT molecular complexity index is 992. The van der Waals surface area contributed by atoms with Crippen molar-refractivity contribution in [2.75, 3.05) is 19.6 Å². The number of rotatable bonds is 3. The molecule has 2 aliphatic rings.